The lowest BCUT2D eigenvalue weighted by atomic mass is 10.1. The number of aromatic nitrogens is 1. The molecule has 0 spiro atoms. The molecule has 2 heterocycles. The fourth-order valence-corrected chi connectivity index (χ4v) is 2.28. The smallest absolute Gasteiger partial charge is 0.303 e. The van der Waals surface area contributed by atoms with E-state index in [1.807, 2.05) is 30.5 Å². The number of carbonyl (C=O) groups excluding carboxylic acids is 1. The van der Waals surface area contributed by atoms with Gasteiger partial charge in [-0.2, -0.15) is 0 Å². The number of carbonyl (C=O) groups is 2. The van der Waals surface area contributed by atoms with Crippen LogP contribution in [0.4, 0.5) is 0 Å². The monoisotopic (exact) mass is 283 g/mol. The third-order valence-electron chi connectivity index (χ3n) is 3.34. The molecule has 0 aliphatic heterocycles. The first-order valence-corrected chi connectivity index (χ1v) is 6.55. The van der Waals surface area contributed by atoms with E-state index in [4.69, 9.17) is 9.52 Å². The van der Waals surface area contributed by atoms with Gasteiger partial charge in [-0.3, -0.25) is 9.59 Å². The number of hydrogen-bond acceptors (Lipinski definition) is 3. The van der Waals surface area contributed by atoms with Gasteiger partial charge in [0.15, 0.2) is 11.5 Å². The summed E-state index contributed by atoms with van der Waals surface area (Å²) in [5.41, 5.74) is 2.75. The van der Waals surface area contributed by atoms with E-state index >= 15 is 0 Å². The third kappa shape index (κ3) is 2.58. The zero-order valence-corrected chi connectivity index (χ0v) is 11.1. The number of fused-ring (bicyclic) bond motifs is 1. The zero-order valence-electron chi connectivity index (χ0n) is 11.1. The Kier molecular flexibility index (Phi) is 3.31. The molecule has 1 aromatic carbocycles. The third-order valence-corrected chi connectivity index (χ3v) is 3.34. The Balaban J connectivity index is 1.88. The van der Waals surface area contributed by atoms with Crippen molar-refractivity contribution >= 4 is 22.7 Å². The maximum Gasteiger partial charge on any atom is 0.303 e. The summed E-state index contributed by atoms with van der Waals surface area (Å²) in [6.07, 6.45) is 3.13. The van der Waals surface area contributed by atoms with Crippen LogP contribution in [0.3, 0.4) is 0 Å². The molecule has 0 aliphatic carbocycles. The highest BCUT2D eigenvalue weighted by Crippen LogP contribution is 2.30. The van der Waals surface area contributed by atoms with E-state index in [-0.39, 0.29) is 24.4 Å². The molecule has 5 heteroatoms. The fourth-order valence-electron chi connectivity index (χ4n) is 2.28. The van der Waals surface area contributed by atoms with Gasteiger partial charge in [0.1, 0.15) is 0 Å². The number of carboxylic acids is 1. The van der Waals surface area contributed by atoms with Crippen LogP contribution in [-0.4, -0.2) is 21.8 Å². The lowest BCUT2D eigenvalue weighted by Crippen LogP contribution is -2.02. The minimum Gasteiger partial charge on any atom is -0.481 e. The number of rotatable bonds is 5. The SMILES string of the molecule is O=C(O)CCC(=O)c1cc(-c2c[nH]c3ccccc23)co1. The molecule has 2 aromatic heterocycles. The van der Waals surface area contributed by atoms with Crippen LogP contribution in [0, 0.1) is 0 Å². The number of aliphatic carboxylic acids is 1. The highest BCUT2D eigenvalue weighted by atomic mass is 16.4. The van der Waals surface area contributed by atoms with Crippen molar-refractivity contribution in [1.29, 1.82) is 0 Å². The van der Waals surface area contributed by atoms with Gasteiger partial charge in [-0.1, -0.05) is 18.2 Å². The number of hydrogen-bond donors (Lipinski definition) is 2. The lowest BCUT2D eigenvalue weighted by Gasteiger charge is -1.94. The predicted octanol–water partition coefficient (Wildman–Crippen LogP) is 3.48. The molecule has 0 saturated heterocycles. The number of furan rings is 1. The van der Waals surface area contributed by atoms with Crippen LogP contribution in [0.5, 0.6) is 0 Å². The Morgan fingerprint density at radius 2 is 2.00 bits per heavy atom. The van der Waals surface area contributed by atoms with Crippen LogP contribution < -0.4 is 0 Å². The maximum absolute atomic E-state index is 11.8. The fraction of sp³-hybridized carbons (Fsp3) is 0.125. The second kappa shape index (κ2) is 5.28. The van der Waals surface area contributed by atoms with Gasteiger partial charge in [0, 0.05) is 34.6 Å². The summed E-state index contributed by atoms with van der Waals surface area (Å²) < 4.78 is 5.28. The highest BCUT2D eigenvalue weighted by Gasteiger charge is 2.15. The second-order valence-corrected chi connectivity index (χ2v) is 4.76. The van der Waals surface area contributed by atoms with Crippen LogP contribution in [-0.2, 0) is 4.79 Å². The number of ketones is 1. The van der Waals surface area contributed by atoms with Crippen LogP contribution in [0.25, 0.3) is 22.0 Å². The van der Waals surface area contributed by atoms with Gasteiger partial charge in [0.25, 0.3) is 0 Å². The molecular formula is C16H13NO4. The van der Waals surface area contributed by atoms with Gasteiger partial charge >= 0.3 is 5.97 Å². The van der Waals surface area contributed by atoms with E-state index in [1.54, 1.807) is 6.07 Å². The highest BCUT2D eigenvalue weighted by molar-refractivity contribution is 5.99. The summed E-state index contributed by atoms with van der Waals surface area (Å²) in [5.74, 6) is -1.10. The quantitative estimate of drug-likeness (QED) is 0.702. The van der Waals surface area contributed by atoms with E-state index in [0.717, 1.165) is 22.0 Å². The molecule has 0 unspecified atom stereocenters. The van der Waals surface area contributed by atoms with Crippen molar-refractivity contribution in [2.24, 2.45) is 0 Å². The molecule has 0 radical (unpaired) electrons. The first-order chi connectivity index (χ1) is 10.1. The summed E-state index contributed by atoms with van der Waals surface area (Å²) in [6, 6.07) is 9.50. The Morgan fingerprint density at radius 3 is 2.81 bits per heavy atom. The van der Waals surface area contributed by atoms with E-state index in [1.165, 1.54) is 6.26 Å². The predicted molar refractivity (Wildman–Crippen MR) is 77.2 cm³/mol. The first-order valence-electron chi connectivity index (χ1n) is 6.55. The minimum atomic E-state index is -0.994. The second-order valence-electron chi connectivity index (χ2n) is 4.76. The van der Waals surface area contributed by atoms with Crippen molar-refractivity contribution in [3.8, 4) is 11.1 Å². The lowest BCUT2D eigenvalue weighted by molar-refractivity contribution is -0.136. The van der Waals surface area contributed by atoms with Gasteiger partial charge in [-0.05, 0) is 12.1 Å². The summed E-state index contributed by atoms with van der Waals surface area (Å²) in [6.45, 7) is 0. The Bertz CT molecular complexity index is 812. The van der Waals surface area contributed by atoms with Crippen LogP contribution >= 0.6 is 0 Å². The molecule has 3 rings (SSSR count). The molecule has 106 valence electrons. The largest absolute Gasteiger partial charge is 0.481 e. The van der Waals surface area contributed by atoms with E-state index < -0.39 is 5.97 Å². The molecule has 0 saturated carbocycles. The average Bonchev–Trinajstić information content (AvgIpc) is 3.10. The Morgan fingerprint density at radius 1 is 1.19 bits per heavy atom. The number of aromatic amines is 1. The minimum absolute atomic E-state index is 0.0594. The topological polar surface area (TPSA) is 83.3 Å². The molecule has 2 N–H and O–H groups in total. The number of nitrogens with one attached hydrogen (secondary N) is 1. The summed E-state index contributed by atoms with van der Waals surface area (Å²) >= 11 is 0. The zero-order chi connectivity index (χ0) is 14.8. The van der Waals surface area contributed by atoms with E-state index in [0.29, 0.717) is 0 Å². The standard InChI is InChI=1S/C16H13NO4/c18-14(5-6-16(19)20)15-7-10(9-21-15)12-8-17-13-4-2-1-3-11(12)13/h1-4,7-9,17H,5-6H2,(H,19,20). The van der Waals surface area contributed by atoms with Crippen LogP contribution in [0.2, 0.25) is 0 Å². The molecule has 21 heavy (non-hydrogen) atoms. The molecule has 0 aliphatic rings. The van der Waals surface area contributed by atoms with Crippen molar-refractivity contribution in [3.63, 3.8) is 0 Å². The van der Waals surface area contributed by atoms with Crippen LogP contribution in [0.15, 0.2) is 47.2 Å². The van der Waals surface area contributed by atoms with Gasteiger partial charge < -0.3 is 14.5 Å². The van der Waals surface area contributed by atoms with Gasteiger partial charge in [-0.25, -0.2) is 0 Å². The molecular weight excluding hydrogens is 270 g/mol. The molecule has 0 amide bonds. The van der Waals surface area contributed by atoms with Crippen molar-refractivity contribution in [3.05, 3.63) is 48.6 Å². The van der Waals surface area contributed by atoms with Crippen LogP contribution in [0.1, 0.15) is 23.4 Å². The molecule has 0 fully saturated rings. The number of carboxylic acid groups (broad SMARTS) is 1. The summed E-state index contributed by atoms with van der Waals surface area (Å²) in [4.78, 5) is 25.5. The van der Waals surface area contributed by atoms with E-state index in [9.17, 15) is 9.59 Å². The number of benzene rings is 1. The number of Topliss-reactive ketones (excluding diaryl/α,β-unsaturated/α-hetero) is 1. The van der Waals surface area contributed by atoms with Crippen molar-refractivity contribution in [2.75, 3.05) is 0 Å². The Labute approximate surface area is 120 Å². The summed E-state index contributed by atoms with van der Waals surface area (Å²) in [7, 11) is 0. The summed E-state index contributed by atoms with van der Waals surface area (Å²) in [5, 5.41) is 9.64. The maximum atomic E-state index is 11.8. The number of H-pyrrole nitrogens is 1. The van der Waals surface area contributed by atoms with Crippen molar-refractivity contribution in [2.45, 2.75) is 12.8 Å². The Hall–Kier alpha value is -2.82. The van der Waals surface area contributed by atoms with Gasteiger partial charge in [0.2, 0.25) is 0 Å². The van der Waals surface area contributed by atoms with Crippen molar-refractivity contribution < 1.29 is 19.1 Å². The van der Waals surface area contributed by atoms with Crippen molar-refractivity contribution in [1.82, 2.24) is 4.98 Å². The molecule has 5 nitrogen and oxygen atoms in total. The van der Waals surface area contributed by atoms with Gasteiger partial charge in [-0.15, -0.1) is 0 Å². The normalized spacial score (nSPS) is 10.9. The average molecular weight is 283 g/mol. The molecule has 0 atom stereocenters. The van der Waals surface area contributed by atoms with Gasteiger partial charge in [0.05, 0.1) is 12.7 Å². The molecule has 3 aromatic rings. The molecule has 0 bridgehead atoms. The first kappa shape index (κ1) is 13.2. The number of para-hydroxylation sites is 1. The van der Waals surface area contributed by atoms with E-state index in [2.05, 4.69) is 4.98 Å².